The largest absolute Gasteiger partial charge is 0.465 e. The highest BCUT2D eigenvalue weighted by atomic mass is 16.7. The van der Waals surface area contributed by atoms with Crippen molar-refractivity contribution in [3.63, 3.8) is 0 Å². The van der Waals surface area contributed by atoms with Crippen LogP contribution in [0.1, 0.15) is 40.0 Å². The second-order valence-electron chi connectivity index (χ2n) is 7.64. The Balaban J connectivity index is 2.01. The third-order valence-corrected chi connectivity index (χ3v) is 7.11. The zero-order valence-electron chi connectivity index (χ0n) is 12.2. The second-order valence-corrected chi connectivity index (χ2v) is 7.64. The van der Waals surface area contributed by atoms with E-state index in [1.54, 1.807) is 0 Å². The van der Waals surface area contributed by atoms with E-state index in [-0.39, 0.29) is 30.8 Å². The van der Waals surface area contributed by atoms with Crippen LogP contribution in [0.4, 0.5) is 0 Å². The van der Waals surface area contributed by atoms with Gasteiger partial charge in [0.25, 0.3) is 0 Å². The molecule has 2 N–H and O–H groups in total. The van der Waals surface area contributed by atoms with Gasteiger partial charge < -0.3 is 19.7 Å². The van der Waals surface area contributed by atoms with Crippen LogP contribution in [-0.4, -0.2) is 40.3 Å². The second kappa shape index (κ2) is 3.23. The van der Waals surface area contributed by atoms with Crippen molar-refractivity contribution in [2.45, 2.75) is 57.5 Å². The van der Waals surface area contributed by atoms with Crippen molar-refractivity contribution in [2.75, 3.05) is 6.61 Å². The third kappa shape index (κ3) is 0.993. The van der Waals surface area contributed by atoms with E-state index >= 15 is 0 Å². The van der Waals surface area contributed by atoms with E-state index in [4.69, 9.17) is 9.47 Å². The molecule has 0 radical (unpaired) electrons. The molecule has 3 saturated heterocycles. The van der Waals surface area contributed by atoms with Crippen molar-refractivity contribution < 1.29 is 24.5 Å². The number of aliphatic hydroxyl groups is 2. The van der Waals surface area contributed by atoms with Crippen LogP contribution in [0.2, 0.25) is 0 Å². The van der Waals surface area contributed by atoms with Gasteiger partial charge in [-0.15, -0.1) is 0 Å². The molecule has 3 aliphatic heterocycles. The number of hydrogen-bond acceptors (Lipinski definition) is 5. The van der Waals surface area contributed by atoms with Crippen LogP contribution < -0.4 is 0 Å². The highest BCUT2D eigenvalue weighted by Gasteiger charge is 2.86. The van der Waals surface area contributed by atoms with Crippen LogP contribution in [0.5, 0.6) is 0 Å². The van der Waals surface area contributed by atoms with Gasteiger partial charge in [-0.2, -0.15) is 0 Å². The molecule has 1 spiro atoms. The van der Waals surface area contributed by atoms with E-state index in [1.165, 1.54) is 0 Å². The van der Waals surface area contributed by atoms with Gasteiger partial charge >= 0.3 is 5.97 Å². The highest BCUT2D eigenvalue weighted by molar-refractivity contribution is 5.72. The first-order valence-corrected chi connectivity index (χ1v) is 7.48. The fraction of sp³-hybridized carbons (Fsp3) is 0.933. The molecule has 5 nitrogen and oxygen atoms in total. The van der Waals surface area contributed by atoms with E-state index < -0.39 is 28.3 Å². The molecule has 4 fully saturated rings. The number of aliphatic hydroxyl groups excluding tert-OH is 1. The standard InChI is InChI=1S/C15H22O5/c1-8-4-10(16)15-12(3)7-19-11(17)5-13(8,15)6-14(18,20-15)9(12)2/h8-10,16,18H,4-7H2,1-3H3/t8-,9-,10-,12-,13+,14+,15+/m1/s1. The Labute approximate surface area is 118 Å². The van der Waals surface area contributed by atoms with Gasteiger partial charge in [-0.25, -0.2) is 0 Å². The number of hydrogen-bond donors (Lipinski definition) is 2. The molecule has 1 saturated carbocycles. The molecular formula is C15H22O5. The van der Waals surface area contributed by atoms with E-state index in [1.807, 2.05) is 13.8 Å². The summed E-state index contributed by atoms with van der Waals surface area (Å²) in [5, 5.41) is 21.7. The van der Waals surface area contributed by atoms with Gasteiger partial charge in [-0.05, 0) is 12.3 Å². The lowest BCUT2D eigenvalue weighted by atomic mass is 9.49. The smallest absolute Gasteiger partial charge is 0.306 e. The molecule has 0 unspecified atom stereocenters. The summed E-state index contributed by atoms with van der Waals surface area (Å²) < 4.78 is 11.5. The first-order chi connectivity index (χ1) is 9.22. The molecule has 7 atom stereocenters. The van der Waals surface area contributed by atoms with Gasteiger partial charge in [0.05, 0.1) is 19.1 Å². The number of cyclic esters (lactones) is 1. The van der Waals surface area contributed by atoms with Gasteiger partial charge in [0.1, 0.15) is 5.60 Å². The predicted molar refractivity (Wildman–Crippen MR) is 68.5 cm³/mol. The van der Waals surface area contributed by atoms with E-state index in [9.17, 15) is 15.0 Å². The number of esters is 1. The normalized spacial score (nSPS) is 64.0. The maximum atomic E-state index is 12.1. The Hall–Kier alpha value is -0.650. The van der Waals surface area contributed by atoms with Crippen molar-refractivity contribution in [1.82, 2.24) is 0 Å². The summed E-state index contributed by atoms with van der Waals surface area (Å²) in [6, 6.07) is 0. The Bertz CT molecular complexity index is 506. The maximum Gasteiger partial charge on any atom is 0.306 e. The SMILES string of the molecule is C[C@@H]1C[C@@H](O)[C@@]23O[C@@]4(O)C[C@@]12CC(=O)OC[C@]3(C)[C@H]4C. The molecule has 1 aliphatic carbocycles. The van der Waals surface area contributed by atoms with Gasteiger partial charge in [-0.3, -0.25) is 4.79 Å². The fourth-order valence-corrected chi connectivity index (χ4v) is 5.93. The van der Waals surface area contributed by atoms with Gasteiger partial charge in [-0.1, -0.05) is 20.8 Å². The van der Waals surface area contributed by atoms with Crippen LogP contribution in [0.3, 0.4) is 0 Å². The maximum absolute atomic E-state index is 12.1. The molecule has 2 bridgehead atoms. The quantitative estimate of drug-likeness (QED) is 0.643. The van der Waals surface area contributed by atoms with Crippen molar-refractivity contribution in [3.8, 4) is 0 Å². The Kier molecular flexibility index (Phi) is 2.11. The summed E-state index contributed by atoms with van der Waals surface area (Å²) in [5.41, 5.74) is -1.91. The lowest BCUT2D eigenvalue weighted by Gasteiger charge is -2.52. The molecule has 5 heteroatoms. The lowest BCUT2D eigenvalue weighted by Crippen LogP contribution is -2.62. The van der Waals surface area contributed by atoms with E-state index in [0.29, 0.717) is 12.8 Å². The van der Waals surface area contributed by atoms with Crippen LogP contribution in [0.25, 0.3) is 0 Å². The average Bonchev–Trinajstić information content (AvgIpc) is 2.80. The molecule has 0 aromatic heterocycles. The predicted octanol–water partition coefficient (Wildman–Crippen LogP) is 0.824. The van der Waals surface area contributed by atoms with Gasteiger partial charge in [0.15, 0.2) is 5.79 Å². The van der Waals surface area contributed by atoms with E-state index in [0.717, 1.165) is 0 Å². The van der Waals surface area contributed by atoms with Crippen molar-refractivity contribution >= 4 is 5.97 Å². The summed E-state index contributed by atoms with van der Waals surface area (Å²) >= 11 is 0. The minimum Gasteiger partial charge on any atom is -0.465 e. The van der Waals surface area contributed by atoms with Gasteiger partial charge in [0.2, 0.25) is 0 Å². The third-order valence-electron chi connectivity index (χ3n) is 7.11. The summed E-state index contributed by atoms with van der Waals surface area (Å²) in [6.07, 6.45) is 0.613. The number of carbonyl (C=O) groups is 1. The minimum absolute atomic E-state index is 0.129. The minimum atomic E-state index is -1.25. The zero-order valence-corrected chi connectivity index (χ0v) is 12.2. The topological polar surface area (TPSA) is 76.0 Å². The van der Waals surface area contributed by atoms with Crippen molar-refractivity contribution in [2.24, 2.45) is 22.7 Å². The number of fused-ring (bicyclic) bond motifs is 1. The average molecular weight is 282 g/mol. The summed E-state index contributed by atoms with van der Waals surface area (Å²) in [6.45, 7) is 6.19. The fourth-order valence-electron chi connectivity index (χ4n) is 5.93. The summed E-state index contributed by atoms with van der Waals surface area (Å²) in [7, 11) is 0. The zero-order chi connectivity index (χ0) is 14.6. The molecule has 0 amide bonds. The number of ether oxygens (including phenoxy) is 2. The first-order valence-electron chi connectivity index (χ1n) is 7.48. The monoisotopic (exact) mass is 282 g/mol. The van der Waals surface area contributed by atoms with Crippen LogP contribution >= 0.6 is 0 Å². The van der Waals surface area contributed by atoms with Crippen LogP contribution in [0, 0.1) is 22.7 Å². The Morgan fingerprint density at radius 2 is 2.05 bits per heavy atom. The molecule has 0 aromatic rings. The molecule has 3 heterocycles. The summed E-state index contributed by atoms with van der Waals surface area (Å²) in [4.78, 5) is 12.1. The van der Waals surface area contributed by atoms with Gasteiger partial charge in [0, 0.05) is 23.2 Å². The molecule has 4 rings (SSSR count). The first kappa shape index (κ1) is 13.0. The van der Waals surface area contributed by atoms with Crippen molar-refractivity contribution in [1.29, 1.82) is 0 Å². The molecule has 0 aromatic carbocycles. The molecule has 20 heavy (non-hydrogen) atoms. The Morgan fingerprint density at radius 3 is 2.75 bits per heavy atom. The van der Waals surface area contributed by atoms with Crippen LogP contribution in [0.15, 0.2) is 0 Å². The lowest BCUT2D eigenvalue weighted by molar-refractivity contribution is -0.218. The highest BCUT2D eigenvalue weighted by Crippen LogP contribution is 2.78. The molecular weight excluding hydrogens is 260 g/mol. The van der Waals surface area contributed by atoms with Crippen molar-refractivity contribution in [3.05, 3.63) is 0 Å². The Morgan fingerprint density at radius 1 is 1.35 bits per heavy atom. The van der Waals surface area contributed by atoms with E-state index in [2.05, 4.69) is 6.92 Å². The number of rotatable bonds is 0. The van der Waals surface area contributed by atoms with Crippen LogP contribution in [-0.2, 0) is 14.3 Å². The molecule has 4 aliphatic rings. The molecule has 112 valence electrons. The summed E-state index contributed by atoms with van der Waals surface area (Å²) in [5.74, 6) is -1.53. The number of carbonyl (C=O) groups excluding carboxylic acids is 1.